The average molecular weight is 243 g/mol. The SMILES string of the molecule is CC(CC(=O)NCCN)c1ccccc1.Cl. The largest absolute Gasteiger partial charge is 0.355 e. The number of hydrogen-bond acceptors (Lipinski definition) is 2. The van der Waals surface area contributed by atoms with Crippen molar-refractivity contribution in [2.75, 3.05) is 13.1 Å². The maximum atomic E-state index is 11.4. The number of carbonyl (C=O) groups excluding carboxylic acids is 1. The van der Waals surface area contributed by atoms with Crippen molar-refractivity contribution in [2.45, 2.75) is 19.3 Å². The quantitative estimate of drug-likeness (QED) is 0.826. The van der Waals surface area contributed by atoms with Gasteiger partial charge in [-0.25, -0.2) is 0 Å². The molecule has 0 bridgehead atoms. The highest BCUT2D eigenvalue weighted by atomic mass is 35.5. The zero-order valence-electron chi connectivity index (χ0n) is 9.48. The summed E-state index contributed by atoms with van der Waals surface area (Å²) in [7, 11) is 0. The van der Waals surface area contributed by atoms with E-state index >= 15 is 0 Å². The first kappa shape index (κ1) is 14.9. The van der Waals surface area contributed by atoms with Crippen LogP contribution in [0.15, 0.2) is 30.3 Å². The molecule has 3 N–H and O–H groups in total. The monoisotopic (exact) mass is 242 g/mol. The molecule has 0 aliphatic rings. The normalized spacial score (nSPS) is 11.4. The van der Waals surface area contributed by atoms with Crippen molar-refractivity contribution in [1.82, 2.24) is 5.32 Å². The maximum absolute atomic E-state index is 11.4. The fraction of sp³-hybridized carbons (Fsp3) is 0.417. The number of carbonyl (C=O) groups is 1. The van der Waals surface area contributed by atoms with Crippen LogP contribution in [0.1, 0.15) is 24.8 Å². The van der Waals surface area contributed by atoms with Gasteiger partial charge in [-0.15, -0.1) is 12.4 Å². The molecule has 1 unspecified atom stereocenters. The number of nitrogens with one attached hydrogen (secondary N) is 1. The van der Waals surface area contributed by atoms with Gasteiger partial charge in [-0.1, -0.05) is 37.3 Å². The minimum Gasteiger partial charge on any atom is -0.355 e. The molecule has 1 atom stereocenters. The first-order chi connectivity index (χ1) is 7.24. The van der Waals surface area contributed by atoms with Crippen LogP contribution in [-0.4, -0.2) is 19.0 Å². The summed E-state index contributed by atoms with van der Waals surface area (Å²) < 4.78 is 0. The lowest BCUT2D eigenvalue weighted by Crippen LogP contribution is -2.29. The molecule has 0 aliphatic carbocycles. The summed E-state index contributed by atoms with van der Waals surface area (Å²) in [6, 6.07) is 10.0. The third-order valence-corrected chi connectivity index (χ3v) is 2.33. The molecule has 0 aliphatic heterocycles. The Morgan fingerprint density at radius 3 is 2.56 bits per heavy atom. The van der Waals surface area contributed by atoms with Gasteiger partial charge in [0.25, 0.3) is 0 Å². The smallest absolute Gasteiger partial charge is 0.220 e. The summed E-state index contributed by atoms with van der Waals surface area (Å²) in [5.41, 5.74) is 6.50. The molecule has 0 aromatic heterocycles. The molecule has 0 fully saturated rings. The van der Waals surface area contributed by atoms with Crippen molar-refractivity contribution in [2.24, 2.45) is 5.73 Å². The lowest BCUT2D eigenvalue weighted by atomic mass is 9.98. The van der Waals surface area contributed by atoms with Crippen molar-refractivity contribution in [3.63, 3.8) is 0 Å². The summed E-state index contributed by atoms with van der Waals surface area (Å²) in [4.78, 5) is 11.4. The molecule has 90 valence electrons. The molecule has 0 saturated carbocycles. The van der Waals surface area contributed by atoms with Gasteiger partial charge in [-0.3, -0.25) is 4.79 Å². The van der Waals surface area contributed by atoms with E-state index in [1.165, 1.54) is 5.56 Å². The van der Waals surface area contributed by atoms with E-state index in [1.807, 2.05) is 30.3 Å². The highest BCUT2D eigenvalue weighted by Gasteiger charge is 2.09. The number of halogens is 1. The molecular formula is C12H19ClN2O. The van der Waals surface area contributed by atoms with Crippen LogP contribution in [-0.2, 0) is 4.79 Å². The zero-order valence-corrected chi connectivity index (χ0v) is 10.3. The van der Waals surface area contributed by atoms with Crippen LogP contribution in [0, 0.1) is 0 Å². The van der Waals surface area contributed by atoms with Crippen molar-refractivity contribution in [1.29, 1.82) is 0 Å². The second kappa shape index (κ2) is 8.13. The number of hydrogen-bond donors (Lipinski definition) is 2. The van der Waals surface area contributed by atoms with Gasteiger partial charge in [0.2, 0.25) is 5.91 Å². The summed E-state index contributed by atoms with van der Waals surface area (Å²) >= 11 is 0. The van der Waals surface area contributed by atoms with Gasteiger partial charge < -0.3 is 11.1 Å². The van der Waals surface area contributed by atoms with Crippen LogP contribution in [0.4, 0.5) is 0 Å². The van der Waals surface area contributed by atoms with E-state index in [1.54, 1.807) is 0 Å². The summed E-state index contributed by atoms with van der Waals surface area (Å²) in [6.07, 6.45) is 0.518. The average Bonchev–Trinajstić information content (AvgIpc) is 2.27. The highest BCUT2D eigenvalue weighted by molar-refractivity contribution is 5.85. The van der Waals surface area contributed by atoms with Crippen LogP contribution < -0.4 is 11.1 Å². The lowest BCUT2D eigenvalue weighted by molar-refractivity contribution is -0.121. The van der Waals surface area contributed by atoms with Gasteiger partial charge in [0.15, 0.2) is 0 Å². The van der Waals surface area contributed by atoms with Crippen molar-refractivity contribution in [3.8, 4) is 0 Å². The van der Waals surface area contributed by atoms with Crippen LogP contribution >= 0.6 is 12.4 Å². The molecule has 0 saturated heterocycles. The zero-order chi connectivity index (χ0) is 11.1. The van der Waals surface area contributed by atoms with E-state index in [0.717, 1.165) is 0 Å². The van der Waals surface area contributed by atoms with E-state index < -0.39 is 0 Å². The molecule has 0 radical (unpaired) electrons. The van der Waals surface area contributed by atoms with Crippen LogP contribution in [0.2, 0.25) is 0 Å². The highest BCUT2D eigenvalue weighted by Crippen LogP contribution is 2.17. The first-order valence-corrected chi connectivity index (χ1v) is 5.25. The Balaban J connectivity index is 0.00000225. The van der Waals surface area contributed by atoms with E-state index in [4.69, 9.17) is 5.73 Å². The number of amides is 1. The second-order valence-electron chi connectivity index (χ2n) is 3.65. The van der Waals surface area contributed by atoms with Gasteiger partial charge >= 0.3 is 0 Å². The van der Waals surface area contributed by atoms with Crippen LogP contribution in [0.25, 0.3) is 0 Å². The Kier molecular flexibility index (Phi) is 7.60. The third-order valence-electron chi connectivity index (χ3n) is 2.33. The van der Waals surface area contributed by atoms with Crippen molar-refractivity contribution < 1.29 is 4.79 Å². The molecule has 1 aromatic rings. The Hall–Kier alpha value is -1.06. The summed E-state index contributed by atoms with van der Waals surface area (Å²) in [6.45, 7) is 3.10. The fourth-order valence-corrected chi connectivity index (χ4v) is 1.46. The molecule has 0 heterocycles. The van der Waals surface area contributed by atoms with Crippen LogP contribution in [0.5, 0.6) is 0 Å². The van der Waals surface area contributed by atoms with Gasteiger partial charge in [0.1, 0.15) is 0 Å². The number of rotatable bonds is 5. The van der Waals surface area contributed by atoms with Gasteiger partial charge in [0, 0.05) is 19.5 Å². The van der Waals surface area contributed by atoms with Crippen molar-refractivity contribution in [3.05, 3.63) is 35.9 Å². The van der Waals surface area contributed by atoms with Gasteiger partial charge in [-0.05, 0) is 11.5 Å². The molecule has 1 amide bonds. The van der Waals surface area contributed by atoms with E-state index in [2.05, 4.69) is 12.2 Å². The van der Waals surface area contributed by atoms with Crippen LogP contribution in [0.3, 0.4) is 0 Å². The Morgan fingerprint density at radius 2 is 2.00 bits per heavy atom. The minimum atomic E-state index is 0. The van der Waals surface area contributed by atoms with Crippen molar-refractivity contribution >= 4 is 18.3 Å². The summed E-state index contributed by atoms with van der Waals surface area (Å²) in [5.74, 6) is 0.320. The topological polar surface area (TPSA) is 55.1 Å². The third kappa shape index (κ3) is 5.14. The second-order valence-corrected chi connectivity index (χ2v) is 3.65. The molecule has 0 spiro atoms. The van der Waals surface area contributed by atoms with Gasteiger partial charge in [-0.2, -0.15) is 0 Å². The first-order valence-electron chi connectivity index (χ1n) is 5.25. The summed E-state index contributed by atoms with van der Waals surface area (Å²) in [5, 5.41) is 2.77. The Morgan fingerprint density at radius 1 is 1.38 bits per heavy atom. The molecule has 3 nitrogen and oxygen atoms in total. The predicted molar refractivity (Wildman–Crippen MR) is 68.8 cm³/mol. The number of benzene rings is 1. The predicted octanol–water partition coefficient (Wildman–Crippen LogP) is 1.68. The van der Waals surface area contributed by atoms with E-state index in [-0.39, 0.29) is 24.2 Å². The fourth-order valence-electron chi connectivity index (χ4n) is 1.46. The molecular weight excluding hydrogens is 224 g/mol. The minimum absolute atomic E-state index is 0. The molecule has 4 heteroatoms. The van der Waals surface area contributed by atoms with E-state index in [9.17, 15) is 4.79 Å². The Labute approximate surface area is 103 Å². The lowest BCUT2D eigenvalue weighted by Gasteiger charge is -2.11. The van der Waals surface area contributed by atoms with E-state index in [0.29, 0.717) is 19.5 Å². The standard InChI is InChI=1S/C12H18N2O.ClH/c1-10(9-12(15)14-8-7-13)11-5-3-2-4-6-11;/h2-6,10H,7-9,13H2,1H3,(H,14,15);1H. The maximum Gasteiger partial charge on any atom is 0.220 e. The molecule has 16 heavy (non-hydrogen) atoms. The molecule has 1 rings (SSSR count). The Bertz CT molecular complexity index is 303. The van der Waals surface area contributed by atoms with Gasteiger partial charge in [0.05, 0.1) is 0 Å². The molecule has 1 aromatic carbocycles. The number of nitrogens with two attached hydrogens (primary N) is 1.